The maximum Gasteiger partial charge on any atom is 0.227 e. The van der Waals surface area contributed by atoms with Gasteiger partial charge in [-0.05, 0) is 99.9 Å². The molecule has 0 saturated heterocycles. The second-order valence-electron chi connectivity index (χ2n) is 15.5. The SMILES string of the molecule is CO[C@@H]1C[C@H](S(=O)(=O)c2ccc(-n3cccn3)cc2Cl)C[C@H]1C(=O)NC1(C#N)CC1.CO[C@H]1C[C@@H](S(=O)(=O)c2ccc(-n3cccn3)cc2Cl)C[C@@H]1C(=O)NC1(C#N)CC1. The number of aromatic nitrogens is 4. The van der Waals surface area contributed by atoms with E-state index in [1.807, 2.05) is 0 Å². The van der Waals surface area contributed by atoms with E-state index in [0.717, 1.165) is 0 Å². The highest BCUT2D eigenvalue weighted by Gasteiger charge is 2.52. The maximum atomic E-state index is 13.3. The van der Waals surface area contributed by atoms with Crippen LogP contribution in [0.15, 0.2) is 83.1 Å². The van der Waals surface area contributed by atoms with Crippen LogP contribution >= 0.6 is 23.2 Å². The van der Waals surface area contributed by atoms with Gasteiger partial charge in [-0.2, -0.15) is 20.7 Å². The van der Waals surface area contributed by atoms with E-state index < -0.39 is 65.3 Å². The fourth-order valence-electron chi connectivity index (χ4n) is 7.85. The van der Waals surface area contributed by atoms with Crippen LogP contribution in [0, 0.1) is 34.5 Å². The molecule has 4 saturated carbocycles. The Morgan fingerprint density at radius 1 is 0.700 bits per heavy atom. The van der Waals surface area contributed by atoms with Gasteiger partial charge in [0.1, 0.15) is 11.1 Å². The van der Waals surface area contributed by atoms with Crippen molar-refractivity contribution < 1.29 is 35.9 Å². The zero-order valence-electron chi connectivity index (χ0n) is 32.6. The van der Waals surface area contributed by atoms with E-state index >= 15 is 0 Å². The van der Waals surface area contributed by atoms with E-state index in [2.05, 4.69) is 33.0 Å². The van der Waals surface area contributed by atoms with E-state index in [-0.39, 0.29) is 57.3 Å². The van der Waals surface area contributed by atoms with Crippen LogP contribution in [0.25, 0.3) is 11.4 Å². The lowest BCUT2D eigenvalue weighted by atomic mass is 10.0. The van der Waals surface area contributed by atoms with Crippen LogP contribution in [0.5, 0.6) is 0 Å². The molecule has 0 radical (unpaired) electrons. The summed E-state index contributed by atoms with van der Waals surface area (Å²) in [6.07, 6.45) is 8.67. The number of amides is 2. The molecule has 20 heteroatoms. The van der Waals surface area contributed by atoms with Crippen molar-refractivity contribution in [2.75, 3.05) is 14.2 Å². The van der Waals surface area contributed by atoms with Gasteiger partial charge in [0, 0.05) is 39.0 Å². The number of nitriles is 2. The van der Waals surface area contributed by atoms with Gasteiger partial charge in [-0.3, -0.25) is 9.59 Å². The van der Waals surface area contributed by atoms with Crippen molar-refractivity contribution in [3.05, 3.63) is 83.4 Å². The van der Waals surface area contributed by atoms with Crippen LogP contribution in [0.4, 0.5) is 0 Å². The Hall–Kier alpha value is -4.82. The first kappa shape index (κ1) is 43.3. The molecule has 2 aromatic carbocycles. The first-order valence-corrected chi connectivity index (χ1v) is 23.0. The number of nitrogens with one attached hydrogen (secondary N) is 2. The molecule has 0 unspecified atom stereocenters. The molecule has 60 heavy (non-hydrogen) atoms. The quantitative estimate of drug-likeness (QED) is 0.200. The molecule has 6 atom stereocenters. The lowest BCUT2D eigenvalue weighted by Gasteiger charge is -2.19. The Kier molecular flexibility index (Phi) is 12.2. The minimum atomic E-state index is -3.78. The molecule has 4 aliphatic carbocycles. The minimum Gasteiger partial charge on any atom is -0.381 e. The first-order chi connectivity index (χ1) is 28.6. The smallest absolute Gasteiger partial charge is 0.227 e. The van der Waals surface area contributed by atoms with Gasteiger partial charge < -0.3 is 20.1 Å². The van der Waals surface area contributed by atoms with E-state index in [4.69, 9.17) is 32.7 Å². The van der Waals surface area contributed by atoms with E-state index in [1.165, 1.54) is 26.4 Å². The summed E-state index contributed by atoms with van der Waals surface area (Å²) in [7, 11) is -4.65. The summed E-state index contributed by atoms with van der Waals surface area (Å²) in [4.78, 5) is 25.5. The van der Waals surface area contributed by atoms with Crippen molar-refractivity contribution in [2.24, 2.45) is 11.8 Å². The summed E-state index contributed by atoms with van der Waals surface area (Å²) in [5.74, 6) is -1.94. The van der Waals surface area contributed by atoms with Gasteiger partial charge in [-0.25, -0.2) is 26.2 Å². The topological polar surface area (TPSA) is 228 Å². The summed E-state index contributed by atoms with van der Waals surface area (Å²) in [5, 5.41) is 30.8. The number of carbonyl (C=O) groups excluding carboxylic acids is 2. The second-order valence-corrected chi connectivity index (χ2v) is 20.7. The van der Waals surface area contributed by atoms with E-state index in [1.54, 1.807) is 70.5 Å². The van der Waals surface area contributed by atoms with E-state index in [9.17, 15) is 36.9 Å². The molecule has 4 aromatic rings. The van der Waals surface area contributed by atoms with Gasteiger partial charge in [0.2, 0.25) is 11.8 Å². The number of carbonyl (C=O) groups is 2. The Balaban J connectivity index is 0.000000181. The number of ether oxygens (including phenoxy) is 2. The standard InChI is InChI=1S/2C20H21ClN4O4S/c2*1-29-17-11-14(10-15(17)19(26)24-20(12-22)5-6-20)30(27,28)18-4-3-13(9-16(18)21)25-8-2-7-23-25/h2*2-4,7-9,14-15,17H,5-6,10-11H2,1H3,(H,24,26)/t2*14-,15-,17-/m10/s1. The van der Waals surface area contributed by atoms with E-state index in [0.29, 0.717) is 37.1 Å². The lowest BCUT2D eigenvalue weighted by molar-refractivity contribution is -0.129. The molecule has 4 aliphatic rings. The highest BCUT2D eigenvalue weighted by Crippen LogP contribution is 2.42. The summed E-state index contributed by atoms with van der Waals surface area (Å²) in [6, 6.07) is 17.1. The number of nitrogens with zero attached hydrogens (tertiary/aromatic N) is 6. The van der Waals surface area contributed by atoms with Crippen molar-refractivity contribution in [1.82, 2.24) is 30.2 Å². The predicted octanol–water partition coefficient (Wildman–Crippen LogP) is 4.53. The van der Waals surface area contributed by atoms with Gasteiger partial charge in [-0.15, -0.1) is 0 Å². The molecule has 2 heterocycles. The Bertz CT molecular complexity index is 2390. The van der Waals surface area contributed by atoms with Crippen LogP contribution in [0.1, 0.15) is 51.4 Å². The third-order valence-corrected chi connectivity index (χ3v) is 17.0. The van der Waals surface area contributed by atoms with Crippen LogP contribution in [-0.2, 0) is 38.7 Å². The summed E-state index contributed by atoms with van der Waals surface area (Å²) < 4.78 is 67.2. The van der Waals surface area contributed by atoms with Crippen LogP contribution in [0.3, 0.4) is 0 Å². The molecule has 2 N–H and O–H groups in total. The molecule has 2 amide bonds. The molecule has 0 aliphatic heterocycles. The highest BCUT2D eigenvalue weighted by molar-refractivity contribution is 7.92. The zero-order valence-corrected chi connectivity index (χ0v) is 35.7. The molecular formula is C40H42Cl2N8O8S2. The van der Waals surface area contributed by atoms with Gasteiger partial charge in [0.15, 0.2) is 19.7 Å². The molecule has 2 aromatic heterocycles. The average molecular weight is 898 g/mol. The van der Waals surface area contributed by atoms with Crippen molar-refractivity contribution >= 4 is 54.7 Å². The molecule has 4 fully saturated rings. The normalized spacial score (nSPS) is 24.9. The van der Waals surface area contributed by atoms with Crippen LogP contribution in [0.2, 0.25) is 10.0 Å². The fourth-order valence-corrected chi connectivity index (χ4v) is 12.6. The number of rotatable bonds is 12. The zero-order chi connectivity index (χ0) is 43.0. The minimum absolute atomic E-state index is 0.0247. The Morgan fingerprint density at radius 2 is 1.08 bits per heavy atom. The number of hydrogen-bond donors (Lipinski definition) is 2. The van der Waals surface area contributed by atoms with Crippen LogP contribution < -0.4 is 10.6 Å². The first-order valence-electron chi connectivity index (χ1n) is 19.2. The molecule has 8 rings (SSSR count). The summed E-state index contributed by atoms with van der Waals surface area (Å²) in [5.41, 5.74) is -0.321. The number of halogens is 2. The number of hydrogen-bond acceptors (Lipinski definition) is 12. The van der Waals surface area contributed by atoms with Gasteiger partial charge in [0.05, 0.1) is 77.9 Å². The summed E-state index contributed by atoms with van der Waals surface area (Å²) >= 11 is 12.7. The van der Waals surface area contributed by atoms with Gasteiger partial charge in [-0.1, -0.05) is 23.2 Å². The second kappa shape index (κ2) is 16.9. The highest BCUT2D eigenvalue weighted by atomic mass is 35.5. The van der Waals surface area contributed by atoms with Crippen molar-refractivity contribution in [2.45, 2.75) is 94.9 Å². The molecule has 16 nitrogen and oxygen atoms in total. The third-order valence-electron chi connectivity index (χ3n) is 11.7. The number of methoxy groups -OCH3 is 2. The lowest BCUT2D eigenvalue weighted by Crippen LogP contribution is -2.42. The fraction of sp³-hybridized carbons (Fsp3) is 0.450. The van der Waals surface area contributed by atoms with Gasteiger partial charge in [0.25, 0.3) is 0 Å². The average Bonchev–Trinajstić information content (AvgIpc) is 3.75. The molecule has 0 spiro atoms. The van der Waals surface area contributed by atoms with Crippen molar-refractivity contribution in [3.8, 4) is 23.5 Å². The number of sulfone groups is 2. The molecule has 0 bridgehead atoms. The monoisotopic (exact) mass is 896 g/mol. The molecule has 316 valence electrons. The van der Waals surface area contributed by atoms with Gasteiger partial charge >= 0.3 is 0 Å². The summed E-state index contributed by atoms with van der Waals surface area (Å²) in [6.45, 7) is 0. The van der Waals surface area contributed by atoms with Crippen LogP contribution in [-0.4, -0.2) is 96.2 Å². The Morgan fingerprint density at radius 3 is 1.37 bits per heavy atom. The van der Waals surface area contributed by atoms with Crippen molar-refractivity contribution in [3.63, 3.8) is 0 Å². The van der Waals surface area contributed by atoms with Crippen molar-refractivity contribution in [1.29, 1.82) is 10.5 Å². The molecular weight excluding hydrogens is 856 g/mol. The Labute approximate surface area is 357 Å². The predicted molar refractivity (Wildman–Crippen MR) is 218 cm³/mol. The number of benzene rings is 2. The largest absolute Gasteiger partial charge is 0.381 e. The maximum absolute atomic E-state index is 13.3. The third kappa shape index (κ3) is 8.68.